The standard InChI is InChI=1S/C23H21Cl2FN2O3S/c1-2-3-4-15-5-8-17(9-6-15)28-32(30,31)18-10-12-22(21(26)14-18)27-23(29)19-11-7-16(24)13-20(19)25/h5-14,28H,2-4H2,1H3,(H,27,29). The van der Waals surface area contributed by atoms with Gasteiger partial charge >= 0.3 is 0 Å². The monoisotopic (exact) mass is 494 g/mol. The molecular weight excluding hydrogens is 474 g/mol. The highest BCUT2D eigenvalue weighted by Gasteiger charge is 2.18. The van der Waals surface area contributed by atoms with Gasteiger partial charge in [-0.3, -0.25) is 9.52 Å². The van der Waals surface area contributed by atoms with Crippen LogP contribution in [0.5, 0.6) is 0 Å². The van der Waals surface area contributed by atoms with E-state index in [1.165, 1.54) is 30.3 Å². The van der Waals surface area contributed by atoms with Crippen LogP contribution in [0.3, 0.4) is 0 Å². The van der Waals surface area contributed by atoms with Crippen molar-refractivity contribution >= 4 is 50.5 Å². The Morgan fingerprint density at radius 3 is 2.34 bits per heavy atom. The number of nitrogens with one attached hydrogen (secondary N) is 2. The zero-order valence-electron chi connectivity index (χ0n) is 17.2. The highest BCUT2D eigenvalue weighted by Crippen LogP contribution is 2.25. The molecule has 5 nitrogen and oxygen atoms in total. The summed E-state index contributed by atoms with van der Waals surface area (Å²) in [4.78, 5) is 12.1. The SMILES string of the molecule is CCCCc1ccc(NS(=O)(=O)c2ccc(NC(=O)c3ccc(Cl)cc3Cl)c(F)c2)cc1. The molecule has 168 valence electrons. The van der Waals surface area contributed by atoms with Crippen LogP contribution >= 0.6 is 23.2 Å². The molecule has 3 rings (SSSR count). The summed E-state index contributed by atoms with van der Waals surface area (Å²) in [5, 5.41) is 2.85. The highest BCUT2D eigenvalue weighted by atomic mass is 35.5. The first-order chi connectivity index (χ1) is 15.2. The Kier molecular flexibility index (Phi) is 7.77. The van der Waals surface area contributed by atoms with Crippen LogP contribution in [0.15, 0.2) is 65.6 Å². The summed E-state index contributed by atoms with van der Waals surface area (Å²) in [6, 6.07) is 14.6. The number of rotatable bonds is 8. The van der Waals surface area contributed by atoms with Gasteiger partial charge in [-0.05, 0) is 66.9 Å². The van der Waals surface area contributed by atoms with Gasteiger partial charge in [0.05, 0.1) is 21.2 Å². The molecule has 0 fully saturated rings. The summed E-state index contributed by atoms with van der Waals surface area (Å²) in [7, 11) is -4.01. The molecule has 0 saturated carbocycles. The number of aryl methyl sites for hydroxylation is 1. The van der Waals surface area contributed by atoms with Crippen LogP contribution in [0.25, 0.3) is 0 Å². The molecule has 3 aromatic rings. The van der Waals surface area contributed by atoms with Crippen LogP contribution in [0.1, 0.15) is 35.7 Å². The summed E-state index contributed by atoms with van der Waals surface area (Å²) in [6.07, 6.45) is 3.05. The van der Waals surface area contributed by atoms with E-state index in [0.717, 1.165) is 30.9 Å². The Morgan fingerprint density at radius 2 is 1.72 bits per heavy atom. The summed E-state index contributed by atoms with van der Waals surface area (Å²) in [6.45, 7) is 2.10. The van der Waals surface area contributed by atoms with Gasteiger partial charge in [-0.25, -0.2) is 12.8 Å². The second-order valence-electron chi connectivity index (χ2n) is 7.13. The van der Waals surface area contributed by atoms with E-state index >= 15 is 0 Å². The van der Waals surface area contributed by atoms with Gasteiger partial charge in [0.1, 0.15) is 5.82 Å². The van der Waals surface area contributed by atoms with E-state index < -0.39 is 21.7 Å². The zero-order chi connectivity index (χ0) is 23.3. The molecule has 3 aromatic carbocycles. The maximum absolute atomic E-state index is 14.6. The first-order valence-corrected chi connectivity index (χ1v) is 12.1. The zero-order valence-corrected chi connectivity index (χ0v) is 19.5. The van der Waals surface area contributed by atoms with E-state index in [0.29, 0.717) is 10.7 Å². The Labute approximate surface area is 196 Å². The first kappa shape index (κ1) is 24.0. The van der Waals surface area contributed by atoms with Gasteiger partial charge in [-0.15, -0.1) is 0 Å². The number of carbonyl (C=O) groups excluding carboxylic acids is 1. The van der Waals surface area contributed by atoms with Crippen LogP contribution in [-0.4, -0.2) is 14.3 Å². The lowest BCUT2D eigenvalue weighted by Gasteiger charge is -2.11. The summed E-state index contributed by atoms with van der Waals surface area (Å²) in [5.74, 6) is -1.55. The van der Waals surface area contributed by atoms with E-state index in [-0.39, 0.29) is 21.2 Å². The fourth-order valence-electron chi connectivity index (χ4n) is 2.96. The number of unbranched alkanes of at least 4 members (excludes halogenated alkanes) is 1. The van der Waals surface area contributed by atoms with Crippen molar-refractivity contribution in [3.63, 3.8) is 0 Å². The smallest absolute Gasteiger partial charge is 0.261 e. The normalized spacial score (nSPS) is 11.2. The minimum absolute atomic E-state index is 0.108. The van der Waals surface area contributed by atoms with Crippen LogP contribution in [0, 0.1) is 5.82 Å². The Balaban J connectivity index is 1.73. The lowest BCUT2D eigenvalue weighted by atomic mass is 10.1. The van der Waals surface area contributed by atoms with E-state index in [9.17, 15) is 17.6 Å². The second-order valence-corrected chi connectivity index (χ2v) is 9.65. The van der Waals surface area contributed by atoms with E-state index in [1.807, 2.05) is 12.1 Å². The van der Waals surface area contributed by atoms with Crippen LogP contribution < -0.4 is 10.0 Å². The average molecular weight is 495 g/mol. The van der Waals surface area contributed by atoms with Crippen molar-refractivity contribution in [3.05, 3.63) is 87.7 Å². The Hall–Kier alpha value is -2.61. The first-order valence-electron chi connectivity index (χ1n) is 9.87. The maximum atomic E-state index is 14.6. The highest BCUT2D eigenvalue weighted by molar-refractivity contribution is 7.92. The second kappa shape index (κ2) is 10.3. The van der Waals surface area contributed by atoms with E-state index in [2.05, 4.69) is 17.0 Å². The minimum Gasteiger partial charge on any atom is -0.319 e. The number of sulfonamides is 1. The van der Waals surface area contributed by atoms with Crippen molar-refractivity contribution in [1.29, 1.82) is 0 Å². The molecule has 0 bridgehead atoms. The third-order valence-electron chi connectivity index (χ3n) is 4.70. The van der Waals surface area contributed by atoms with Gasteiger partial charge in [0, 0.05) is 10.7 Å². The molecule has 0 unspecified atom stereocenters. The number of hydrogen-bond donors (Lipinski definition) is 2. The van der Waals surface area contributed by atoms with Crippen LogP contribution in [-0.2, 0) is 16.4 Å². The number of benzene rings is 3. The lowest BCUT2D eigenvalue weighted by molar-refractivity contribution is 0.102. The number of amides is 1. The molecule has 0 aromatic heterocycles. The largest absolute Gasteiger partial charge is 0.319 e. The van der Waals surface area contributed by atoms with Gasteiger partial charge in [0.2, 0.25) is 0 Å². The van der Waals surface area contributed by atoms with Gasteiger partial charge in [0.25, 0.3) is 15.9 Å². The van der Waals surface area contributed by atoms with E-state index in [1.54, 1.807) is 12.1 Å². The molecule has 0 atom stereocenters. The number of carbonyl (C=O) groups is 1. The topological polar surface area (TPSA) is 75.3 Å². The van der Waals surface area contributed by atoms with Crippen molar-refractivity contribution in [2.24, 2.45) is 0 Å². The van der Waals surface area contributed by atoms with Gasteiger partial charge in [0.15, 0.2) is 0 Å². The average Bonchev–Trinajstić information content (AvgIpc) is 2.74. The van der Waals surface area contributed by atoms with E-state index in [4.69, 9.17) is 23.2 Å². The fraction of sp³-hybridized carbons (Fsp3) is 0.174. The molecule has 0 radical (unpaired) electrons. The van der Waals surface area contributed by atoms with Gasteiger partial charge < -0.3 is 5.32 Å². The number of anilines is 2. The predicted molar refractivity (Wildman–Crippen MR) is 127 cm³/mol. The summed E-state index contributed by atoms with van der Waals surface area (Å²) in [5.41, 5.74) is 1.42. The maximum Gasteiger partial charge on any atom is 0.261 e. The molecule has 1 amide bonds. The summed E-state index contributed by atoms with van der Waals surface area (Å²) < 4.78 is 42.3. The van der Waals surface area contributed by atoms with Crippen molar-refractivity contribution in [2.45, 2.75) is 31.1 Å². The number of hydrogen-bond acceptors (Lipinski definition) is 3. The summed E-state index contributed by atoms with van der Waals surface area (Å²) >= 11 is 11.8. The molecule has 0 heterocycles. The van der Waals surface area contributed by atoms with Gasteiger partial charge in [-0.2, -0.15) is 0 Å². The molecule has 9 heteroatoms. The minimum atomic E-state index is -4.01. The molecule has 0 aliphatic heterocycles. The predicted octanol–water partition coefficient (Wildman–Crippen LogP) is 6.53. The van der Waals surface area contributed by atoms with Gasteiger partial charge in [-0.1, -0.05) is 48.7 Å². The molecular formula is C23H21Cl2FN2O3S. The van der Waals surface area contributed by atoms with Crippen molar-refractivity contribution in [2.75, 3.05) is 10.0 Å². The van der Waals surface area contributed by atoms with Crippen LogP contribution in [0.2, 0.25) is 10.0 Å². The molecule has 32 heavy (non-hydrogen) atoms. The van der Waals surface area contributed by atoms with Crippen molar-refractivity contribution in [3.8, 4) is 0 Å². The molecule has 0 spiro atoms. The lowest BCUT2D eigenvalue weighted by Crippen LogP contribution is -2.16. The number of halogens is 3. The Morgan fingerprint density at radius 1 is 1.00 bits per heavy atom. The quantitative estimate of drug-likeness (QED) is 0.373. The van der Waals surface area contributed by atoms with Crippen molar-refractivity contribution in [1.82, 2.24) is 0 Å². The van der Waals surface area contributed by atoms with Crippen LogP contribution in [0.4, 0.5) is 15.8 Å². The molecule has 0 saturated heterocycles. The van der Waals surface area contributed by atoms with Crippen molar-refractivity contribution < 1.29 is 17.6 Å². The fourth-order valence-corrected chi connectivity index (χ4v) is 4.53. The third-order valence-corrected chi connectivity index (χ3v) is 6.63. The Bertz CT molecular complexity index is 1230. The molecule has 0 aliphatic carbocycles. The third kappa shape index (κ3) is 6.00. The molecule has 2 N–H and O–H groups in total. The molecule has 0 aliphatic rings.